The molecule has 0 radical (unpaired) electrons. The number of nitrogens with zero attached hydrogens (tertiary/aromatic N) is 5. The van der Waals surface area contributed by atoms with Gasteiger partial charge in [-0.25, -0.2) is 8.96 Å². The Morgan fingerprint density at radius 2 is 1.74 bits per heavy atom. The van der Waals surface area contributed by atoms with Gasteiger partial charge in [0, 0.05) is 73.1 Å². The molecule has 0 aliphatic rings. The van der Waals surface area contributed by atoms with Crippen molar-refractivity contribution in [2.24, 2.45) is 7.05 Å². The average molecular weight is 486 g/mol. The number of para-hydroxylation sites is 1. The van der Waals surface area contributed by atoms with Crippen LogP contribution in [-0.2, 0) is 11.4 Å². The van der Waals surface area contributed by atoms with E-state index in [2.05, 4.69) is 10.1 Å². The Labute approximate surface area is 207 Å². The van der Waals surface area contributed by atoms with Gasteiger partial charge in [-0.3, -0.25) is 9.48 Å². The first-order chi connectivity index (χ1) is 17.0. The Kier molecular flexibility index (Phi) is 6.26. The molecule has 0 atom stereocenters. The van der Waals surface area contributed by atoms with Crippen LogP contribution in [0.3, 0.4) is 0 Å². The number of hydrogen-bond donors (Lipinski definition) is 0. The molecule has 0 amide bonds. The zero-order valence-corrected chi connectivity index (χ0v) is 20.3. The largest absolute Gasteiger partial charge is 0.378 e. The molecular weight excluding hydrogens is 462 g/mol. The van der Waals surface area contributed by atoms with Crippen LogP contribution in [0.5, 0.6) is 5.75 Å². The average Bonchev–Trinajstić information content (AvgIpc) is 3.47. The summed E-state index contributed by atoms with van der Waals surface area (Å²) in [7, 11) is 5.79. The third-order valence-electron chi connectivity index (χ3n) is 5.52. The van der Waals surface area contributed by atoms with Gasteiger partial charge >= 0.3 is 0 Å². The van der Waals surface area contributed by atoms with Crippen LogP contribution in [0.25, 0.3) is 22.2 Å². The molecule has 0 N–H and O–H groups in total. The van der Waals surface area contributed by atoms with Crippen LogP contribution >= 0.6 is 12.2 Å². The fourth-order valence-corrected chi connectivity index (χ4v) is 4.23. The van der Waals surface area contributed by atoms with Gasteiger partial charge in [-0.1, -0.05) is 22.5 Å². The van der Waals surface area contributed by atoms with Gasteiger partial charge in [-0.05, 0) is 42.5 Å². The molecule has 0 bridgehead atoms. The molecule has 0 aliphatic carbocycles. The molecular formula is C26H23N5O3S. The Bertz CT molecular complexity index is 1480. The second-order valence-electron chi connectivity index (χ2n) is 8.18. The lowest BCUT2D eigenvalue weighted by molar-refractivity contribution is -0.0785. The predicted molar refractivity (Wildman–Crippen MR) is 137 cm³/mol. The Morgan fingerprint density at radius 3 is 2.43 bits per heavy atom. The number of rotatable bonds is 8. The molecule has 35 heavy (non-hydrogen) atoms. The number of aryl methyl sites for hydroxylation is 1. The molecule has 0 fully saturated rings. The fraction of sp³-hybridized carbons (Fsp3) is 0.115. The maximum atomic E-state index is 13.2. The topological polar surface area (TPSA) is 74.4 Å². The minimum atomic E-state index is -0.0918. The maximum Gasteiger partial charge on any atom is 0.194 e. The van der Waals surface area contributed by atoms with Crippen molar-refractivity contribution in [1.29, 1.82) is 0 Å². The highest BCUT2D eigenvalue weighted by molar-refractivity contribution is 7.93. The highest BCUT2D eigenvalue weighted by Gasteiger charge is 2.18. The smallest absolute Gasteiger partial charge is 0.194 e. The highest BCUT2D eigenvalue weighted by atomic mass is 32.2. The van der Waals surface area contributed by atoms with E-state index >= 15 is 0 Å². The first kappa shape index (κ1) is 22.7. The number of benzene rings is 2. The van der Waals surface area contributed by atoms with Crippen LogP contribution < -0.4 is 9.79 Å². The van der Waals surface area contributed by atoms with Gasteiger partial charge in [-0.2, -0.15) is 5.10 Å². The van der Waals surface area contributed by atoms with Gasteiger partial charge in [0.05, 0.1) is 6.20 Å². The minimum absolute atomic E-state index is 0.0918. The lowest BCUT2D eigenvalue weighted by atomic mass is 10.0. The molecule has 8 nitrogen and oxygen atoms in total. The van der Waals surface area contributed by atoms with Crippen molar-refractivity contribution in [3.63, 3.8) is 0 Å². The number of fused-ring (bicyclic) bond motifs is 1. The zero-order chi connectivity index (χ0) is 24.4. The van der Waals surface area contributed by atoms with Gasteiger partial charge in [0.15, 0.2) is 29.4 Å². The molecule has 3 aromatic heterocycles. The third-order valence-corrected chi connectivity index (χ3v) is 6.09. The number of anilines is 1. The predicted octanol–water partition coefficient (Wildman–Crippen LogP) is 5.16. The van der Waals surface area contributed by atoms with E-state index < -0.39 is 0 Å². The van der Waals surface area contributed by atoms with Gasteiger partial charge in [0.25, 0.3) is 0 Å². The number of pyridine rings is 1. The molecule has 0 saturated heterocycles. The SMILES string of the molecule is CN(C)c1ccc(C(=O)c2cnc3c(c2)c(-c2cnn(C)c2)cn3SOOc2ccccc2)cc1. The van der Waals surface area contributed by atoms with Gasteiger partial charge < -0.3 is 9.79 Å². The second-order valence-corrected chi connectivity index (χ2v) is 8.85. The van der Waals surface area contributed by atoms with Crippen LogP contribution in [-0.4, -0.2) is 38.6 Å². The quantitative estimate of drug-likeness (QED) is 0.130. The summed E-state index contributed by atoms with van der Waals surface area (Å²) in [4.78, 5) is 25.2. The molecule has 0 saturated carbocycles. The molecule has 9 heteroatoms. The molecule has 5 aromatic rings. The van der Waals surface area contributed by atoms with E-state index in [1.54, 1.807) is 33.2 Å². The Morgan fingerprint density at radius 1 is 0.971 bits per heavy atom. The van der Waals surface area contributed by atoms with E-state index in [-0.39, 0.29) is 5.78 Å². The number of ketones is 1. The maximum absolute atomic E-state index is 13.2. The summed E-state index contributed by atoms with van der Waals surface area (Å²) in [5.74, 6) is 0.496. The zero-order valence-electron chi connectivity index (χ0n) is 19.5. The van der Waals surface area contributed by atoms with E-state index in [0.717, 1.165) is 34.4 Å². The minimum Gasteiger partial charge on any atom is -0.378 e. The van der Waals surface area contributed by atoms with E-state index in [9.17, 15) is 4.79 Å². The molecule has 0 unspecified atom stereocenters. The van der Waals surface area contributed by atoms with Gasteiger partial charge in [-0.15, -0.1) is 0 Å². The van der Waals surface area contributed by atoms with Crippen LogP contribution in [0.4, 0.5) is 5.69 Å². The molecule has 3 heterocycles. The van der Waals surface area contributed by atoms with Crippen LogP contribution in [0.15, 0.2) is 85.5 Å². The summed E-state index contributed by atoms with van der Waals surface area (Å²) in [6.07, 6.45) is 7.18. The molecule has 5 rings (SSSR count). The number of hydrogen-bond acceptors (Lipinski definition) is 7. The van der Waals surface area contributed by atoms with E-state index in [1.165, 1.54) is 0 Å². The molecule has 0 aliphatic heterocycles. The van der Waals surface area contributed by atoms with Crippen molar-refractivity contribution >= 4 is 34.7 Å². The lowest BCUT2D eigenvalue weighted by Crippen LogP contribution is -2.09. The Balaban J connectivity index is 1.48. The number of aromatic nitrogens is 4. The lowest BCUT2D eigenvalue weighted by Gasteiger charge is -2.12. The molecule has 2 aromatic carbocycles. The summed E-state index contributed by atoms with van der Waals surface area (Å²) in [6.45, 7) is 0. The highest BCUT2D eigenvalue weighted by Crippen LogP contribution is 2.33. The van der Waals surface area contributed by atoms with E-state index in [1.807, 2.05) is 87.0 Å². The van der Waals surface area contributed by atoms with Crippen LogP contribution in [0, 0.1) is 0 Å². The summed E-state index contributed by atoms with van der Waals surface area (Å²) in [5, 5.41) is 5.10. The van der Waals surface area contributed by atoms with Crippen molar-refractivity contribution in [2.75, 3.05) is 19.0 Å². The first-order valence-electron chi connectivity index (χ1n) is 10.9. The van der Waals surface area contributed by atoms with Crippen molar-refractivity contribution in [3.05, 3.63) is 96.6 Å². The van der Waals surface area contributed by atoms with E-state index in [4.69, 9.17) is 9.22 Å². The normalized spacial score (nSPS) is 11.1. The van der Waals surface area contributed by atoms with Gasteiger partial charge in [0.1, 0.15) is 0 Å². The van der Waals surface area contributed by atoms with Crippen molar-refractivity contribution < 1.29 is 14.0 Å². The summed E-state index contributed by atoms with van der Waals surface area (Å²) < 4.78 is 8.89. The Hall–Kier alpha value is -4.08. The van der Waals surface area contributed by atoms with Crippen molar-refractivity contribution in [1.82, 2.24) is 18.7 Å². The standard InChI is InChI=1S/C26H23N5O3S/c1-29(2)21-11-9-18(10-12-21)25(32)19-13-23-24(20-15-28-30(3)16-20)17-31(26(23)27-14-19)35-34-33-22-7-5-4-6-8-22/h4-17H,1-3H3. The third kappa shape index (κ3) is 4.77. The summed E-state index contributed by atoms with van der Waals surface area (Å²) in [5.41, 5.74) is 4.57. The van der Waals surface area contributed by atoms with Crippen LogP contribution in [0.2, 0.25) is 0 Å². The van der Waals surface area contributed by atoms with Crippen molar-refractivity contribution in [3.8, 4) is 16.9 Å². The van der Waals surface area contributed by atoms with Crippen molar-refractivity contribution in [2.45, 2.75) is 0 Å². The second kappa shape index (κ2) is 9.65. The monoisotopic (exact) mass is 485 g/mol. The van der Waals surface area contributed by atoms with E-state index in [0.29, 0.717) is 22.5 Å². The van der Waals surface area contributed by atoms with Crippen LogP contribution in [0.1, 0.15) is 15.9 Å². The number of carbonyl (C=O) groups is 1. The summed E-state index contributed by atoms with van der Waals surface area (Å²) in [6, 6.07) is 18.6. The van der Waals surface area contributed by atoms with Gasteiger partial charge in [0.2, 0.25) is 0 Å². The summed E-state index contributed by atoms with van der Waals surface area (Å²) >= 11 is 0.997. The first-order valence-corrected chi connectivity index (χ1v) is 11.6. The molecule has 176 valence electrons. The molecule has 0 spiro atoms. The fourth-order valence-electron chi connectivity index (χ4n) is 3.69. The number of carbonyl (C=O) groups excluding carboxylic acids is 1.